The summed E-state index contributed by atoms with van der Waals surface area (Å²) in [4.78, 5) is 4.47. The minimum Gasteiger partial charge on any atom is -0.384 e. The van der Waals surface area contributed by atoms with Gasteiger partial charge in [-0.1, -0.05) is 41.9 Å². The summed E-state index contributed by atoms with van der Waals surface area (Å²) < 4.78 is 4.35. The molecule has 0 radical (unpaired) electrons. The van der Waals surface area contributed by atoms with Gasteiger partial charge in [0.25, 0.3) is 0 Å². The summed E-state index contributed by atoms with van der Waals surface area (Å²) in [6.45, 7) is 2.74. The van der Waals surface area contributed by atoms with E-state index in [1.807, 2.05) is 67.6 Å². The molecule has 0 spiro atoms. The van der Waals surface area contributed by atoms with Crippen LogP contribution in [0.15, 0.2) is 60.3 Å². The van der Waals surface area contributed by atoms with Crippen molar-refractivity contribution in [2.45, 2.75) is 13.5 Å². The SMILES string of the molecule is C/C(=C\c1nsc(Nc2ccccc2)n1)NCc1ccc(Cl)cc1. The van der Waals surface area contributed by atoms with Gasteiger partial charge < -0.3 is 10.6 Å². The zero-order valence-corrected chi connectivity index (χ0v) is 14.7. The minimum absolute atomic E-state index is 0.694. The van der Waals surface area contributed by atoms with Crippen molar-refractivity contribution in [2.24, 2.45) is 0 Å². The first-order chi connectivity index (χ1) is 11.7. The second-order valence-electron chi connectivity index (χ2n) is 5.26. The number of aromatic nitrogens is 2. The quantitative estimate of drug-likeness (QED) is 0.646. The Morgan fingerprint density at radius 1 is 1.12 bits per heavy atom. The first-order valence-corrected chi connectivity index (χ1v) is 8.66. The predicted molar refractivity (Wildman–Crippen MR) is 102 cm³/mol. The molecule has 4 nitrogen and oxygen atoms in total. The van der Waals surface area contributed by atoms with Gasteiger partial charge in [-0.25, -0.2) is 0 Å². The summed E-state index contributed by atoms with van der Waals surface area (Å²) in [7, 11) is 0. The summed E-state index contributed by atoms with van der Waals surface area (Å²) in [5.74, 6) is 0.694. The maximum Gasteiger partial charge on any atom is 0.207 e. The number of nitrogens with one attached hydrogen (secondary N) is 2. The molecule has 2 N–H and O–H groups in total. The average Bonchev–Trinajstić information content (AvgIpc) is 3.02. The fourth-order valence-corrected chi connectivity index (χ4v) is 2.78. The predicted octanol–water partition coefficient (Wildman–Crippen LogP) is 5.09. The van der Waals surface area contributed by atoms with Crippen molar-refractivity contribution >= 4 is 40.0 Å². The molecule has 1 heterocycles. The number of rotatable bonds is 6. The maximum absolute atomic E-state index is 5.89. The molecule has 0 aliphatic heterocycles. The van der Waals surface area contributed by atoms with Crippen molar-refractivity contribution in [3.8, 4) is 0 Å². The van der Waals surface area contributed by atoms with Crippen LogP contribution < -0.4 is 10.6 Å². The largest absolute Gasteiger partial charge is 0.384 e. The van der Waals surface area contributed by atoms with Crippen molar-refractivity contribution in [2.75, 3.05) is 5.32 Å². The number of hydrogen-bond donors (Lipinski definition) is 2. The van der Waals surface area contributed by atoms with Gasteiger partial charge in [-0.2, -0.15) is 9.36 Å². The third kappa shape index (κ3) is 4.81. The summed E-state index contributed by atoms with van der Waals surface area (Å²) in [6.07, 6.45) is 1.93. The topological polar surface area (TPSA) is 49.8 Å². The lowest BCUT2D eigenvalue weighted by atomic mass is 10.2. The van der Waals surface area contributed by atoms with Crippen LogP contribution in [-0.2, 0) is 6.54 Å². The lowest BCUT2D eigenvalue weighted by Crippen LogP contribution is -2.10. The number of hydrogen-bond acceptors (Lipinski definition) is 5. The van der Waals surface area contributed by atoms with Gasteiger partial charge in [0, 0.05) is 40.6 Å². The highest BCUT2D eigenvalue weighted by molar-refractivity contribution is 7.09. The van der Waals surface area contributed by atoms with Gasteiger partial charge in [-0.05, 0) is 36.8 Å². The lowest BCUT2D eigenvalue weighted by molar-refractivity contribution is 0.817. The molecule has 0 bridgehead atoms. The zero-order valence-electron chi connectivity index (χ0n) is 13.2. The molecule has 3 aromatic rings. The molecule has 0 saturated carbocycles. The summed E-state index contributed by atoms with van der Waals surface area (Å²) in [5.41, 5.74) is 3.18. The Hall–Kier alpha value is -2.37. The van der Waals surface area contributed by atoms with Crippen molar-refractivity contribution < 1.29 is 0 Å². The lowest BCUT2D eigenvalue weighted by Gasteiger charge is -2.06. The van der Waals surface area contributed by atoms with Gasteiger partial charge in [0.1, 0.15) is 0 Å². The van der Waals surface area contributed by atoms with E-state index in [0.717, 1.165) is 28.1 Å². The Balaban J connectivity index is 1.58. The normalized spacial score (nSPS) is 11.3. The van der Waals surface area contributed by atoms with Gasteiger partial charge in [0.2, 0.25) is 5.13 Å². The van der Waals surface area contributed by atoms with E-state index in [-0.39, 0.29) is 0 Å². The van der Waals surface area contributed by atoms with E-state index in [1.54, 1.807) is 0 Å². The van der Waals surface area contributed by atoms with Crippen LogP contribution in [-0.4, -0.2) is 9.36 Å². The van der Waals surface area contributed by atoms with E-state index in [4.69, 9.17) is 11.6 Å². The number of anilines is 2. The third-order valence-electron chi connectivity index (χ3n) is 3.30. The standard InChI is InChI=1S/C18H17ClN4S/c1-13(20-12-14-7-9-15(19)10-8-14)11-17-22-18(24-23-17)21-16-5-3-2-4-6-16/h2-11,20H,12H2,1H3,(H,21,22,23)/b13-11+. The second-order valence-corrected chi connectivity index (χ2v) is 6.44. The summed E-state index contributed by atoms with van der Waals surface area (Å²) >= 11 is 7.23. The fourth-order valence-electron chi connectivity index (χ4n) is 2.08. The molecule has 0 saturated heterocycles. The average molecular weight is 357 g/mol. The van der Waals surface area contributed by atoms with Gasteiger partial charge in [0.05, 0.1) is 0 Å². The second kappa shape index (κ2) is 7.95. The van der Waals surface area contributed by atoms with Crippen LogP contribution in [0.4, 0.5) is 10.8 Å². The van der Waals surface area contributed by atoms with E-state index < -0.39 is 0 Å². The minimum atomic E-state index is 0.694. The summed E-state index contributed by atoms with van der Waals surface area (Å²) in [6, 6.07) is 17.7. The zero-order chi connectivity index (χ0) is 16.8. The molecular formula is C18H17ClN4S. The maximum atomic E-state index is 5.89. The van der Waals surface area contributed by atoms with Gasteiger partial charge in [-0.3, -0.25) is 0 Å². The molecule has 0 fully saturated rings. The molecule has 122 valence electrons. The molecule has 6 heteroatoms. The summed E-state index contributed by atoms with van der Waals surface area (Å²) in [5, 5.41) is 8.11. The van der Waals surface area contributed by atoms with Crippen molar-refractivity contribution in [1.29, 1.82) is 0 Å². The Kier molecular flexibility index (Phi) is 5.46. The van der Waals surface area contributed by atoms with Crippen LogP contribution in [0.2, 0.25) is 5.02 Å². The fraction of sp³-hybridized carbons (Fsp3) is 0.111. The molecule has 3 rings (SSSR count). The van der Waals surface area contributed by atoms with E-state index in [0.29, 0.717) is 5.82 Å². The van der Waals surface area contributed by atoms with Gasteiger partial charge in [-0.15, -0.1) is 0 Å². The Labute approximate surface area is 150 Å². The number of allylic oxidation sites excluding steroid dienone is 1. The van der Waals surface area contributed by atoms with E-state index >= 15 is 0 Å². The van der Waals surface area contributed by atoms with Crippen LogP contribution >= 0.6 is 23.1 Å². The van der Waals surface area contributed by atoms with Crippen molar-refractivity contribution in [1.82, 2.24) is 14.7 Å². The van der Waals surface area contributed by atoms with Crippen LogP contribution in [0.5, 0.6) is 0 Å². The molecule has 1 aromatic heterocycles. The highest BCUT2D eigenvalue weighted by Gasteiger charge is 2.03. The van der Waals surface area contributed by atoms with Crippen LogP contribution in [0, 0.1) is 0 Å². The Bertz CT molecular complexity index is 813. The Morgan fingerprint density at radius 3 is 2.62 bits per heavy atom. The molecular weight excluding hydrogens is 340 g/mol. The first-order valence-electron chi connectivity index (χ1n) is 7.51. The van der Waals surface area contributed by atoms with E-state index in [2.05, 4.69) is 20.0 Å². The smallest absolute Gasteiger partial charge is 0.207 e. The number of para-hydroxylation sites is 1. The highest BCUT2D eigenvalue weighted by Crippen LogP contribution is 2.19. The van der Waals surface area contributed by atoms with Gasteiger partial charge in [0.15, 0.2) is 5.82 Å². The molecule has 0 amide bonds. The van der Waals surface area contributed by atoms with Crippen molar-refractivity contribution in [3.05, 3.63) is 76.7 Å². The molecule has 24 heavy (non-hydrogen) atoms. The van der Waals surface area contributed by atoms with Gasteiger partial charge >= 0.3 is 0 Å². The molecule has 0 unspecified atom stereocenters. The molecule has 0 aliphatic carbocycles. The monoisotopic (exact) mass is 356 g/mol. The first kappa shape index (κ1) is 16.5. The van der Waals surface area contributed by atoms with E-state index in [9.17, 15) is 0 Å². The Morgan fingerprint density at radius 2 is 1.88 bits per heavy atom. The van der Waals surface area contributed by atoms with Crippen LogP contribution in [0.25, 0.3) is 6.08 Å². The van der Waals surface area contributed by atoms with Crippen LogP contribution in [0.3, 0.4) is 0 Å². The number of nitrogens with zero attached hydrogens (tertiary/aromatic N) is 2. The molecule has 0 aliphatic rings. The molecule has 2 aromatic carbocycles. The molecule has 0 atom stereocenters. The number of halogens is 1. The number of benzene rings is 2. The van der Waals surface area contributed by atoms with E-state index in [1.165, 1.54) is 17.1 Å². The third-order valence-corrected chi connectivity index (χ3v) is 4.19. The van der Waals surface area contributed by atoms with Crippen LogP contribution in [0.1, 0.15) is 18.3 Å². The van der Waals surface area contributed by atoms with Crippen molar-refractivity contribution in [3.63, 3.8) is 0 Å². The highest BCUT2D eigenvalue weighted by atomic mass is 35.5.